The van der Waals surface area contributed by atoms with E-state index in [0.717, 1.165) is 12.8 Å². The number of nitrogens with one attached hydrogen (secondary N) is 1. The number of unbranched alkanes of at least 4 members (excludes halogenated alkanes) is 6. The number of carbonyl (C=O) groups excluding carboxylic acids is 2. The van der Waals surface area contributed by atoms with Gasteiger partial charge in [0.25, 0.3) is 5.91 Å². The summed E-state index contributed by atoms with van der Waals surface area (Å²) in [6.07, 6.45) is 10.7. The first-order valence-corrected chi connectivity index (χ1v) is 15.5. The first-order chi connectivity index (χ1) is 15.3. The maximum Gasteiger partial charge on any atom is 0.263 e. The second-order valence-electron chi connectivity index (χ2n) is 11.1. The molecule has 0 aromatic heterocycles. The molecule has 0 radical (unpaired) electrons. The van der Waals surface area contributed by atoms with E-state index in [1.165, 1.54) is 44.6 Å². The molecule has 2 aliphatic heterocycles. The van der Waals surface area contributed by atoms with E-state index >= 15 is 0 Å². The number of carbonyl (C=O) groups is 2. The minimum atomic E-state index is -2.50. The Balaban J connectivity index is 1.79. The zero-order chi connectivity index (χ0) is 24.9. The number of aliphatic hydroxyl groups is 2. The molecule has 8 heteroatoms. The van der Waals surface area contributed by atoms with E-state index in [2.05, 4.69) is 46.1 Å². The molecule has 0 unspecified atom stereocenters. The number of ether oxygens (including phenoxy) is 1. The standard InChI is InChI=1S/C25H45NO6Si/c1-7-8-9-10-11-12-13-14-19-20(32-19)15-16-21(27)25(30)22(28)18(26-23(25)29)17-31-33(5,6)24(2,3)4/h15-16,18-20,22,28,30H,7-14,17H2,1-6H3,(H,26,29)/b16-15+/t18-,19-,20-,22-,25+/m1/s1. The third kappa shape index (κ3) is 7.21. The summed E-state index contributed by atoms with van der Waals surface area (Å²) in [5.41, 5.74) is -2.50. The molecule has 0 aromatic rings. The Morgan fingerprint density at radius 1 is 1.18 bits per heavy atom. The lowest BCUT2D eigenvalue weighted by Gasteiger charge is -2.37. The van der Waals surface area contributed by atoms with Crippen LogP contribution >= 0.6 is 0 Å². The van der Waals surface area contributed by atoms with Gasteiger partial charge in [0.15, 0.2) is 14.1 Å². The molecule has 0 aliphatic carbocycles. The van der Waals surface area contributed by atoms with Crippen molar-refractivity contribution in [2.24, 2.45) is 0 Å². The van der Waals surface area contributed by atoms with Crippen molar-refractivity contribution in [1.82, 2.24) is 5.32 Å². The van der Waals surface area contributed by atoms with E-state index in [1.54, 1.807) is 6.08 Å². The molecule has 7 nitrogen and oxygen atoms in total. The molecule has 0 saturated carbocycles. The lowest BCUT2D eigenvalue weighted by atomic mass is 9.91. The first-order valence-electron chi connectivity index (χ1n) is 12.6. The molecule has 2 fully saturated rings. The van der Waals surface area contributed by atoms with Crippen LogP contribution in [-0.2, 0) is 18.8 Å². The highest BCUT2D eigenvalue weighted by atomic mass is 28.4. The predicted molar refractivity (Wildman–Crippen MR) is 131 cm³/mol. The van der Waals surface area contributed by atoms with Crippen molar-refractivity contribution in [1.29, 1.82) is 0 Å². The highest BCUT2D eigenvalue weighted by Crippen LogP contribution is 2.37. The summed E-state index contributed by atoms with van der Waals surface area (Å²) in [4.78, 5) is 25.1. The summed E-state index contributed by atoms with van der Waals surface area (Å²) in [6, 6.07) is -0.837. The van der Waals surface area contributed by atoms with Gasteiger partial charge in [0.2, 0.25) is 5.60 Å². The third-order valence-corrected chi connectivity index (χ3v) is 11.9. The molecule has 1 amide bonds. The van der Waals surface area contributed by atoms with Crippen LogP contribution in [0.15, 0.2) is 12.2 Å². The van der Waals surface area contributed by atoms with Gasteiger partial charge >= 0.3 is 0 Å². The van der Waals surface area contributed by atoms with Gasteiger partial charge < -0.3 is 24.7 Å². The van der Waals surface area contributed by atoms with Crippen LogP contribution in [0.2, 0.25) is 18.1 Å². The van der Waals surface area contributed by atoms with Gasteiger partial charge in [0.1, 0.15) is 12.2 Å². The number of aliphatic hydroxyl groups excluding tert-OH is 1. The molecule has 2 saturated heterocycles. The van der Waals surface area contributed by atoms with Crippen LogP contribution in [0, 0.1) is 0 Å². The first kappa shape index (κ1) is 28.2. The number of amides is 1. The number of hydrogen-bond donors (Lipinski definition) is 3. The van der Waals surface area contributed by atoms with E-state index < -0.39 is 37.8 Å². The molecule has 3 N–H and O–H groups in total. The van der Waals surface area contributed by atoms with Gasteiger partial charge in [-0.15, -0.1) is 0 Å². The molecule has 190 valence electrons. The Bertz CT molecular complexity index is 704. The lowest BCUT2D eigenvalue weighted by molar-refractivity contribution is -0.154. The maximum absolute atomic E-state index is 12.7. The van der Waals surface area contributed by atoms with Crippen molar-refractivity contribution in [3.8, 4) is 0 Å². The van der Waals surface area contributed by atoms with Crippen LogP contribution in [0.3, 0.4) is 0 Å². The summed E-state index contributed by atoms with van der Waals surface area (Å²) >= 11 is 0. The average molecular weight is 484 g/mol. The molecule has 0 spiro atoms. The number of ketones is 1. The minimum absolute atomic E-state index is 0.0364. The van der Waals surface area contributed by atoms with Crippen LogP contribution in [0.1, 0.15) is 79.1 Å². The summed E-state index contributed by atoms with van der Waals surface area (Å²) in [5, 5.41) is 23.9. The zero-order valence-corrected chi connectivity index (χ0v) is 22.4. The van der Waals surface area contributed by atoms with Crippen LogP contribution in [0.25, 0.3) is 0 Å². The van der Waals surface area contributed by atoms with Gasteiger partial charge in [-0.2, -0.15) is 0 Å². The van der Waals surface area contributed by atoms with Crippen LogP contribution in [0.5, 0.6) is 0 Å². The van der Waals surface area contributed by atoms with E-state index in [1.807, 2.05) is 0 Å². The van der Waals surface area contributed by atoms with Crippen molar-refractivity contribution >= 4 is 20.0 Å². The highest BCUT2D eigenvalue weighted by Gasteiger charge is 2.58. The van der Waals surface area contributed by atoms with Crippen LogP contribution < -0.4 is 5.32 Å². The SMILES string of the molecule is CCCCCCCCC[C@H]1O[C@@H]1/C=C/C(=O)[C@@]1(O)C(=O)N[C@H](CO[Si](C)(C)C(C)(C)C)[C@H]1O. The topological polar surface area (TPSA) is 108 Å². The van der Waals surface area contributed by atoms with Crippen molar-refractivity contribution < 1.29 is 29.0 Å². The molecular formula is C25H45NO6Si. The van der Waals surface area contributed by atoms with Gasteiger partial charge in [0.05, 0.1) is 18.8 Å². The highest BCUT2D eigenvalue weighted by molar-refractivity contribution is 6.74. The van der Waals surface area contributed by atoms with Crippen LogP contribution in [0.4, 0.5) is 0 Å². The Morgan fingerprint density at radius 3 is 2.39 bits per heavy atom. The molecule has 2 aliphatic rings. The van der Waals surface area contributed by atoms with E-state index in [9.17, 15) is 19.8 Å². The lowest BCUT2D eigenvalue weighted by Crippen LogP contribution is -2.53. The summed E-state index contributed by atoms with van der Waals surface area (Å²) in [6.45, 7) is 12.7. The second-order valence-corrected chi connectivity index (χ2v) is 15.9. The molecule has 2 heterocycles. The molecule has 0 aromatic carbocycles. The minimum Gasteiger partial charge on any atom is -0.415 e. The molecule has 2 rings (SSSR count). The molecular weight excluding hydrogens is 438 g/mol. The van der Waals surface area contributed by atoms with Crippen LogP contribution in [-0.4, -0.2) is 66.8 Å². The zero-order valence-electron chi connectivity index (χ0n) is 21.4. The van der Waals surface area contributed by atoms with Crippen molar-refractivity contribution in [3.05, 3.63) is 12.2 Å². The van der Waals surface area contributed by atoms with Crippen molar-refractivity contribution in [2.75, 3.05) is 6.61 Å². The number of epoxide rings is 1. The number of hydrogen-bond acceptors (Lipinski definition) is 6. The van der Waals surface area contributed by atoms with E-state index in [0.29, 0.717) is 0 Å². The second kappa shape index (κ2) is 11.6. The smallest absolute Gasteiger partial charge is 0.263 e. The quantitative estimate of drug-likeness (QED) is 0.114. The van der Waals surface area contributed by atoms with Crippen molar-refractivity contribution in [2.45, 2.75) is 127 Å². The van der Waals surface area contributed by atoms with Gasteiger partial charge in [-0.25, -0.2) is 0 Å². The molecule has 5 atom stereocenters. The maximum atomic E-state index is 12.7. The summed E-state index contributed by atoms with van der Waals surface area (Å²) in [7, 11) is -2.11. The Labute approximate surface area is 200 Å². The third-order valence-electron chi connectivity index (χ3n) is 7.43. The van der Waals surface area contributed by atoms with Gasteiger partial charge in [-0.3, -0.25) is 9.59 Å². The summed E-state index contributed by atoms with van der Waals surface area (Å²) < 4.78 is 11.7. The molecule has 33 heavy (non-hydrogen) atoms. The normalized spacial score (nSPS) is 30.1. The largest absolute Gasteiger partial charge is 0.415 e. The van der Waals surface area contributed by atoms with E-state index in [-0.39, 0.29) is 23.9 Å². The number of rotatable bonds is 14. The van der Waals surface area contributed by atoms with Crippen molar-refractivity contribution in [3.63, 3.8) is 0 Å². The van der Waals surface area contributed by atoms with Gasteiger partial charge in [-0.1, -0.05) is 72.6 Å². The predicted octanol–water partition coefficient (Wildman–Crippen LogP) is 3.63. The van der Waals surface area contributed by atoms with E-state index in [4.69, 9.17) is 9.16 Å². The Hall–Kier alpha value is -1.06. The van der Waals surface area contributed by atoms with Gasteiger partial charge in [0, 0.05) is 0 Å². The Morgan fingerprint density at radius 2 is 1.79 bits per heavy atom. The van der Waals surface area contributed by atoms with Gasteiger partial charge in [-0.05, 0) is 36.7 Å². The fourth-order valence-corrected chi connectivity index (χ4v) is 4.89. The summed E-state index contributed by atoms with van der Waals surface area (Å²) in [5.74, 6) is -1.71. The fraction of sp³-hybridized carbons (Fsp3) is 0.840. The monoisotopic (exact) mass is 483 g/mol. The molecule has 0 bridgehead atoms. The fourth-order valence-electron chi connectivity index (χ4n) is 3.86. The Kier molecular flexibility index (Phi) is 9.89. The average Bonchev–Trinajstić information content (AvgIpc) is 3.45.